The van der Waals surface area contributed by atoms with E-state index < -0.39 is 27.0 Å². The normalized spacial score (nSPS) is 16.6. The van der Waals surface area contributed by atoms with Crippen molar-refractivity contribution >= 4 is 22.1 Å². The number of ether oxygens (including phenoxy) is 1. The maximum Gasteiger partial charge on any atom is 1.00 e. The molecule has 0 radical (unpaired) electrons. The van der Waals surface area contributed by atoms with E-state index in [1.165, 1.54) is 0 Å². The second-order valence-corrected chi connectivity index (χ2v) is 3.02. The van der Waals surface area contributed by atoms with E-state index in [0.29, 0.717) is 6.08 Å². The van der Waals surface area contributed by atoms with Crippen molar-refractivity contribution in [2.45, 2.75) is 0 Å². The Kier molecular flexibility index (Phi) is 3.23. The smallest absolute Gasteiger partial charge is 0.744 e. The molecule has 0 saturated carbocycles. The van der Waals surface area contributed by atoms with Crippen molar-refractivity contribution in [1.82, 2.24) is 0 Å². The first-order valence-corrected chi connectivity index (χ1v) is 3.76. The largest absolute Gasteiger partial charge is 1.00 e. The summed E-state index contributed by atoms with van der Waals surface area (Å²) >= 11 is 0. The Morgan fingerprint density at radius 3 is 2.00 bits per heavy atom. The Balaban J connectivity index is 0.00000121. The molecule has 0 aromatic carbocycles. The summed E-state index contributed by atoms with van der Waals surface area (Å²) in [6.45, 7) is 0. The van der Waals surface area contributed by atoms with Gasteiger partial charge in [0, 0.05) is 6.08 Å². The van der Waals surface area contributed by atoms with Crippen LogP contribution in [0.1, 0.15) is 0 Å². The molecule has 0 atom stereocenters. The van der Waals surface area contributed by atoms with Gasteiger partial charge in [0.2, 0.25) is 0 Å². The van der Waals surface area contributed by atoms with Gasteiger partial charge in [-0.05, 0) is 0 Å². The summed E-state index contributed by atoms with van der Waals surface area (Å²) in [7, 11) is -4.87. The quantitative estimate of drug-likeness (QED) is 0.176. The molecule has 1 heterocycles. The van der Waals surface area contributed by atoms with Crippen LogP contribution in [0.5, 0.6) is 0 Å². The summed E-state index contributed by atoms with van der Waals surface area (Å²) in [4.78, 5) is 19.4. The van der Waals surface area contributed by atoms with Crippen LogP contribution in [0.15, 0.2) is 11.0 Å². The molecule has 1 aliphatic heterocycles. The van der Waals surface area contributed by atoms with Crippen molar-refractivity contribution in [3.8, 4) is 0 Å². The van der Waals surface area contributed by atoms with Crippen LogP contribution < -0.4 is 18.9 Å². The fraction of sp³-hybridized carbons (Fsp3) is 0. The standard InChI is InChI=1S/C4H2O6S.Li/c5-3-1-2(4(6)10-3)11(7,8)9;/h1H,(H,7,8,9);/q;+1/p-1. The summed E-state index contributed by atoms with van der Waals surface area (Å²) < 4.78 is 34.1. The third-order valence-corrected chi connectivity index (χ3v) is 1.74. The van der Waals surface area contributed by atoms with Crippen molar-refractivity contribution in [2.75, 3.05) is 0 Å². The first kappa shape index (κ1) is 11.4. The molecular weight excluding hydrogens is 183 g/mol. The van der Waals surface area contributed by atoms with Gasteiger partial charge in [-0.1, -0.05) is 0 Å². The number of cyclic esters (lactones) is 2. The van der Waals surface area contributed by atoms with Crippen LogP contribution in [0.2, 0.25) is 0 Å². The zero-order chi connectivity index (χ0) is 8.65. The summed E-state index contributed by atoms with van der Waals surface area (Å²) in [5.41, 5.74) is 0. The molecule has 0 aromatic rings. The van der Waals surface area contributed by atoms with Crippen molar-refractivity contribution < 1.29 is 46.2 Å². The number of esters is 2. The van der Waals surface area contributed by atoms with Crippen LogP contribution in [0.3, 0.4) is 0 Å². The SMILES string of the molecule is O=C1C=C(S(=O)(=O)[O-])C(=O)O1.[Li+]. The molecule has 1 rings (SSSR count). The van der Waals surface area contributed by atoms with Gasteiger partial charge in [0.05, 0.1) is 0 Å². The molecule has 0 bridgehead atoms. The van der Waals surface area contributed by atoms with Gasteiger partial charge in [-0.2, -0.15) is 0 Å². The van der Waals surface area contributed by atoms with E-state index in [0.717, 1.165) is 0 Å². The molecule has 0 aliphatic carbocycles. The predicted molar refractivity (Wildman–Crippen MR) is 28.9 cm³/mol. The maximum atomic E-state index is 10.3. The van der Waals surface area contributed by atoms with Gasteiger partial charge in [-0.3, -0.25) is 0 Å². The number of carbonyl (C=O) groups excluding carboxylic acids is 2. The van der Waals surface area contributed by atoms with Crippen LogP contribution >= 0.6 is 0 Å². The second kappa shape index (κ2) is 3.41. The summed E-state index contributed by atoms with van der Waals surface area (Å²) in [5, 5.41) is 0. The summed E-state index contributed by atoms with van der Waals surface area (Å²) in [6, 6.07) is 0. The zero-order valence-corrected chi connectivity index (χ0v) is 6.75. The Labute approximate surface area is 79.5 Å². The topological polar surface area (TPSA) is 101 Å². The van der Waals surface area contributed by atoms with Gasteiger partial charge >= 0.3 is 30.8 Å². The Morgan fingerprint density at radius 1 is 1.33 bits per heavy atom. The number of rotatable bonds is 1. The molecule has 8 heteroatoms. The Hall–Kier alpha value is -0.613. The molecule has 1 aliphatic rings. The van der Waals surface area contributed by atoms with Gasteiger partial charge in [-0.25, -0.2) is 18.0 Å². The van der Waals surface area contributed by atoms with Crippen LogP contribution in [-0.4, -0.2) is 24.9 Å². The van der Waals surface area contributed by atoms with Crippen LogP contribution in [0.25, 0.3) is 0 Å². The van der Waals surface area contributed by atoms with E-state index in [2.05, 4.69) is 4.74 Å². The monoisotopic (exact) mass is 184 g/mol. The number of hydrogen-bond donors (Lipinski definition) is 0. The summed E-state index contributed by atoms with van der Waals surface area (Å²) in [6.07, 6.45) is 0.352. The van der Waals surface area contributed by atoms with E-state index >= 15 is 0 Å². The fourth-order valence-corrected chi connectivity index (χ4v) is 0.998. The molecule has 0 fully saturated rings. The van der Waals surface area contributed by atoms with Gasteiger partial charge in [0.1, 0.15) is 15.0 Å². The number of carbonyl (C=O) groups is 2. The number of hydrogen-bond acceptors (Lipinski definition) is 6. The molecule has 0 unspecified atom stereocenters. The molecule has 0 aromatic heterocycles. The predicted octanol–water partition coefficient (Wildman–Crippen LogP) is -4.50. The van der Waals surface area contributed by atoms with Crippen LogP contribution in [0, 0.1) is 0 Å². The van der Waals surface area contributed by atoms with Crippen LogP contribution in [0.4, 0.5) is 0 Å². The van der Waals surface area contributed by atoms with Crippen LogP contribution in [-0.2, 0) is 24.4 Å². The van der Waals surface area contributed by atoms with Gasteiger partial charge in [0.15, 0.2) is 0 Å². The molecule has 0 amide bonds. The molecule has 6 nitrogen and oxygen atoms in total. The van der Waals surface area contributed by atoms with Crippen molar-refractivity contribution in [3.63, 3.8) is 0 Å². The van der Waals surface area contributed by atoms with Crippen molar-refractivity contribution in [2.24, 2.45) is 0 Å². The van der Waals surface area contributed by atoms with Gasteiger partial charge in [-0.15, -0.1) is 0 Å². The van der Waals surface area contributed by atoms with E-state index in [9.17, 15) is 22.6 Å². The molecule has 0 spiro atoms. The van der Waals surface area contributed by atoms with Crippen molar-refractivity contribution in [1.29, 1.82) is 0 Å². The first-order valence-electron chi connectivity index (χ1n) is 2.35. The Morgan fingerprint density at radius 2 is 1.83 bits per heavy atom. The summed E-state index contributed by atoms with van der Waals surface area (Å²) in [5.74, 6) is -2.55. The van der Waals surface area contributed by atoms with E-state index in [4.69, 9.17) is 0 Å². The van der Waals surface area contributed by atoms with E-state index in [-0.39, 0.29) is 18.9 Å². The first-order chi connectivity index (χ1) is 4.91. The molecular formula is C4HLiO6S. The second-order valence-electron chi connectivity index (χ2n) is 1.67. The molecule has 0 saturated heterocycles. The maximum absolute atomic E-state index is 10.3. The average Bonchev–Trinajstić information content (AvgIpc) is 2.08. The average molecular weight is 184 g/mol. The zero-order valence-electron chi connectivity index (χ0n) is 5.94. The van der Waals surface area contributed by atoms with Crippen molar-refractivity contribution in [3.05, 3.63) is 11.0 Å². The van der Waals surface area contributed by atoms with E-state index in [1.54, 1.807) is 0 Å². The third-order valence-electron chi connectivity index (χ3n) is 0.913. The third kappa shape index (κ3) is 2.18. The molecule has 12 heavy (non-hydrogen) atoms. The van der Waals surface area contributed by atoms with Gasteiger partial charge < -0.3 is 9.29 Å². The van der Waals surface area contributed by atoms with E-state index in [1.807, 2.05) is 0 Å². The minimum atomic E-state index is -4.87. The molecule has 60 valence electrons. The van der Waals surface area contributed by atoms with Gasteiger partial charge in [0.25, 0.3) is 0 Å². The molecule has 0 N–H and O–H groups in total. The minimum absolute atomic E-state index is 0. The minimum Gasteiger partial charge on any atom is -0.744 e. The fourth-order valence-electron chi connectivity index (χ4n) is 0.511. The Bertz CT molecular complexity index is 352.